The van der Waals surface area contributed by atoms with Gasteiger partial charge < -0.3 is 19.8 Å². The first kappa shape index (κ1) is 17.5. The van der Waals surface area contributed by atoms with Gasteiger partial charge in [-0.1, -0.05) is 0 Å². The predicted octanol–water partition coefficient (Wildman–Crippen LogP) is 2.14. The minimum atomic E-state index is -0.340. The maximum atomic E-state index is 12.1. The summed E-state index contributed by atoms with van der Waals surface area (Å²) in [7, 11) is 0. The second-order valence-corrected chi connectivity index (χ2v) is 4.51. The molecule has 0 saturated carbocycles. The van der Waals surface area contributed by atoms with Crippen molar-refractivity contribution in [3.05, 3.63) is 24.2 Å². The van der Waals surface area contributed by atoms with E-state index in [9.17, 15) is 4.39 Å². The van der Waals surface area contributed by atoms with E-state index in [1.165, 1.54) is 0 Å². The van der Waals surface area contributed by atoms with Gasteiger partial charge in [-0.15, -0.1) is 0 Å². The zero-order valence-electron chi connectivity index (χ0n) is 12.7. The fourth-order valence-electron chi connectivity index (χ4n) is 1.71. The molecule has 1 aromatic rings. The number of nitrogens with one attached hydrogen (secondary N) is 2. The predicted molar refractivity (Wildman–Crippen MR) is 82.4 cm³/mol. The lowest BCUT2D eigenvalue weighted by Crippen LogP contribution is -2.39. The zero-order valence-corrected chi connectivity index (χ0v) is 12.7. The van der Waals surface area contributed by atoms with Crippen molar-refractivity contribution in [2.75, 3.05) is 39.5 Å². The van der Waals surface area contributed by atoms with E-state index in [2.05, 4.69) is 15.6 Å². The van der Waals surface area contributed by atoms with Gasteiger partial charge in [-0.25, -0.2) is 0 Å². The SMILES string of the molecule is CCOCCCNC(=NCCCF)NCCc1ccco1. The molecule has 0 bridgehead atoms. The minimum Gasteiger partial charge on any atom is -0.469 e. The molecule has 2 N–H and O–H groups in total. The number of hydrogen-bond donors (Lipinski definition) is 2. The molecule has 6 heteroatoms. The third-order valence-electron chi connectivity index (χ3n) is 2.77. The van der Waals surface area contributed by atoms with Crippen molar-refractivity contribution in [1.82, 2.24) is 10.6 Å². The summed E-state index contributed by atoms with van der Waals surface area (Å²) in [6.07, 6.45) is 3.81. The summed E-state index contributed by atoms with van der Waals surface area (Å²) in [4.78, 5) is 4.33. The fraction of sp³-hybridized carbons (Fsp3) is 0.667. The molecule has 21 heavy (non-hydrogen) atoms. The van der Waals surface area contributed by atoms with Gasteiger partial charge in [-0.05, 0) is 31.9 Å². The molecule has 0 unspecified atom stereocenters. The van der Waals surface area contributed by atoms with Crippen LogP contribution >= 0.6 is 0 Å². The van der Waals surface area contributed by atoms with Gasteiger partial charge in [0.05, 0.1) is 12.9 Å². The molecule has 0 radical (unpaired) electrons. The van der Waals surface area contributed by atoms with Crippen LogP contribution in [0.25, 0.3) is 0 Å². The first-order chi connectivity index (χ1) is 10.4. The highest BCUT2D eigenvalue weighted by Gasteiger charge is 2.00. The number of rotatable bonds is 11. The molecule has 1 rings (SSSR count). The van der Waals surface area contributed by atoms with Crippen LogP contribution in [0.1, 0.15) is 25.5 Å². The van der Waals surface area contributed by atoms with Crippen molar-refractivity contribution in [3.8, 4) is 0 Å². The van der Waals surface area contributed by atoms with Crippen LogP contribution in [0.15, 0.2) is 27.8 Å². The van der Waals surface area contributed by atoms with Crippen LogP contribution in [0, 0.1) is 0 Å². The van der Waals surface area contributed by atoms with Crippen LogP contribution in [0.4, 0.5) is 4.39 Å². The molecule has 0 spiro atoms. The van der Waals surface area contributed by atoms with Gasteiger partial charge in [-0.3, -0.25) is 9.38 Å². The molecule has 120 valence electrons. The lowest BCUT2D eigenvalue weighted by Gasteiger charge is -2.12. The largest absolute Gasteiger partial charge is 0.469 e. The maximum Gasteiger partial charge on any atom is 0.191 e. The molecule has 1 heterocycles. The summed E-state index contributed by atoms with van der Waals surface area (Å²) in [6, 6.07) is 3.81. The van der Waals surface area contributed by atoms with Crippen molar-refractivity contribution in [3.63, 3.8) is 0 Å². The smallest absolute Gasteiger partial charge is 0.191 e. The van der Waals surface area contributed by atoms with Crippen molar-refractivity contribution in [2.24, 2.45) is 4.99 Å². The van der Waals surface area contributed by atoms with Gasteiger partial charge in [-0.2, -0.15) is 0 Å². The molecule has 5 nitrogen and oxygen atoms in total. The van der Waals surface area contributed by atoms with E-state index in [-0.39, 0.29) is 6.67 Å². The number of alkyl halides is 1. The highest BCUT2D eigenvalue weighted by Crippen LogP contribution is 1.99. The van der Waals surface area contributed by atoms with Crippen LogP contribution in [0.3, 0.4) is 0 Å². The fourth-order valence-corrected chi connectivity index (χ4v) is 1.71. The first-order valence-corrected chi connectivity index (χ1v) is 7.55. The minimum absolute atomic E-state index is 0.340. The van der Waals surface area contributed by atoms with Gasteiger partial charge in [0.15, 0.2) is 5.96 Å². The number of aliphatic imine (C=N–C) groups is 1. The Morgan fingerprint density at radius 1 is 1.33 bits per heavy atom. The quantitative estimate of drug-likeness (QED) is 0.373. The first-order valence-electron chi connectivity index (χ1n) is 7.55. The molecule has 0 amide bonds. The Labute approximate surface area is 126 Å². The highest BCUT2D eigenvalue weighted by molar-refractivity contribution is 5.79. The number of hydrogen-bond acceptors (Lipinski definition) is 3. The number of furan rings is 1. The van der Waals surface area contributed by atoms with E-state index in [4.69, 9.17) is 9.15 Å². The van der Waals surface area contributed by atoms with E-state index in [0.717, 1.165) is 44.9 Å². The third kappa shape index (κ3) is 9.07. The van der Waals surface area contributed by atoms with Crippen LogP contribution < -0.4 is 10.6 Å². The van der Waals surface area contributed by atoms with E-state index < -0.39 is 0 Å². The summed E-state index contributed by atoms with van der Waals surface area (Å²) in [5.74, 6) is 1.65. The molecular weight excluding hydrogens is 273 g/mol. The lowest BCUT2D eigenvalue weighted by atomic mass is 10.3. The summed E-state index contributed by atoms with van der Waals surface area (Å²) in [6.45, 7) is 5.09. The monoisotopic (exact) mass is 299 g/mol. The molecular formula is C15H26FN3O2. The Morgan fingerprint density at radius 2 is 2.19 bits per heavy atom. The highest BCUT2D eigenvalue weighted by atomic mass is 19.1. The summed E-state index contributed by atoms with van der Waals surface area (Å²) < 4.78 is 22.7. The maximum absolute atomic E-state index is 12.1. The molecule has 0 saturated heterocycles. The molecule has 1 aromatic heterocycles. The van der Waals surface area contributed by atoms with Gasteiger partial charge in [0.1, 0.15) is 5.76 Å². The standard InChI is InChI=1S/C15H26FN3O2/c1-2-20-12-5-10-18-15(17-9-4-8-16)19-11-7-14-6-3-13-21-14/h3,6,13H,2,4-5,7-12H2,1H3,(H2,17,18,19). The Bertz CT molecular complexity index is 369. The van der Waals surface area contributed by atoms with E-state index >= 15 is 0 Å². The Kier molecular flexibility index (Phi) is 10.2. The van der Waals surface area contributed by atoms with E-state index in [1.807, 2.05) is 19.1 Å². The second-order valence-electron chi connectivity index (χ2n) is 4.51. The third-order valence-corrected chi connectivity index (χ3v) is 2.77. The van der Waals surface area contributed by atoms with Crippen LogP contribution in [0.5, 0.6) is 0 Å². The van der Waals surface area contributed by atoms with Gasteiger partial charge in [0.25, 0.3) is 0 Å². The average Bonchev–Trinajstić information content (AvgIpc) is 3.00. The van der Waals surface area contributed by atoms with Gasteiger partial charge >= 0.3 is 0 Å². The molecule has 0 aliphatic carbocycles. The van der Waals surface area contributed by atoms with E-state index in [0.29, 0.717) is 18.9 Å². The summed E-state index contributed by atoms with van der Waals surface area (Å²) in [5.41, 5.74) is 0. The summed E-state index contributed by atoms with van der Waals surface area (Å²) in [5, 5.41) is 6.45. The van der Waals surface area contributed by atoms with Gasteiger partial charge in [0, 0.05) is 39.3 Å². The van der Waals surface area contributed by atoms with Crippen LogP contribution in [0.2, 0.25) is 0 Å². The van der Waals surface area contributed by atoms with Crippen LogP contribution in [-0.2, 0) is 11.2 Å². The topological polar surface area (TPSA) is 58.8 Å². The van der Waals surface area contributed by atoms with Crippen molar-refractivity contribution in [1.29, 1.82) is 0 Å². The van der Waals surface area contributed by atoms with E-state index in [1.54, 1.807) is 6.26 Å². The number of halogens is 1. The Balaban J connectivity index is 2.24. The van der Waals surface area contributed by atoms with Crippen molar-refractivity contribution >= 4 is 5.96 Å². The van der Waals surface area contributed by atoms with Gasteiger partial charge in [0.2, 0.25) is 0 Å². The Hall–Kier alpha value is -1.56. The second kappa shape index (κ2) is 12.2. The molecule has 0 aliphatic rings. The van der Waals surface area contributed by atoms with Crippen LogP contribution in [-0.4, -0.2) is 45.5 Å². The molecule has 0 aliphatic heterocycles. The lowest BCUT2D eigenvalue weighted by molar-refractivity contribution is 0.145. The molecule has 0 atom stereocenters. The number of ether oxygens (including phenoxy) is 1. The summed E-state index contributed by atoms with van der Waals surface area (Å²) >= 11 is 0. The normalized spacial score (nSPS) is 11.6. The van der Waals surface area contributed by atoms with Crippen molar-refractivity contribution in [2.45, 2.75) is 26.2 Å². The van der Waals surface area contributed by atoms with Crippen molar-refractivity contribution < 1.29 is 13.5 Å². The molecule has 0 fully saturated rings. The number of nitrogens with zero attached hydrogens (tertiary/aromatic N) is 1. The average molecular weight is 299 g/mol. The molecule has 0 aromatic carbocycles. The number of guanidine groups is 1. The Morgan fingerprint density at radius 3 is 2.90 bits per heavy atom. The zero-order chi connectivity index (χ0) is 15.2.